The van der Waals surface area contributed by atoms with Crippen molar-refractivity contribution in [3.8, 4) is 0 Å². The van der Waals surface area contributed by atoms with Gasteiger partial charge in [0.2, 0.25) is 0 Å². The second-order valence-electron chi connectivity index (χ2n) is 10.2. The Labute approximate surface area is 212 Å². The normalized spacial score (nSPS) is 21.0. The number of ketones is 1. The number of aliphatic hydroxyl groups excluding tert-OH is 1. The quantitative estimate of drug-likeness (QED) is 0.354. The van der Waals surface area contributed by atoms with Gasteiger partial charge in [0.25, 0.3) is 11.7 Å². The minimum atomic E-state index is -0.659. The van der Waals surface area contributed by atoms with Crippen molar-refractivity contribution in [1.82, 2.24) is 9.80 Å². The number of rotatable bonds is 6. The van der Waals surface area contributed by atoms with E-state index in [4.69, 9.17) is 16.3 Å². The summed E-state index contributed by atoms with van der Waals surface area (Å²) in [7, 11) is 0. The van der Waals surface area contributed by atoms with Crippen molar-refractivity contribution in [2.45, 2.75) is 38.6 Å². The molecule has 2 fully saturated rings. The summed E-state index contributed by atoms with van der Waals surface area (Å²) >= 11 is 6.01. The lowest BCUT2D eigenvalue weighted by molar-refractivity contribution is -0.140. The van der Waals surface area contributed by atoms with Gasteiger partial charge in [-0.25, -0.2) is 0 Å². The van der Waals surface area contributed by atoms with E-state index in [2.05, 4.69) is 25.7 Å². The number of hydrogen-bond acceptors (Lipinski definition) is 5. The highest BCUT2D eigenvalue weighted by atomic mass is 35.5. The van der Waals surface area contributed by atoms with E-state index in [9.17, 15) is 14.7 Å². The van der Waals surface area contributed by atoms with Crippen molar-refractivity contribution < 1.29 is 19.4 Å². The summed E-state index contributed by atoms with van der Waals surface area (Å²) in [6.45, 7) is 10.8. The number of benzene rings is 2. The molecule has 2 aromatic carbocycles. The van der Waals surface area contributed by atoms with Crippen LogP contribution in [0.4, 0.5) is 0 Å². The van der Waals surface area contributed by atoms with Crippen LogP contribution in [0, 0.1) is 0 Å². The molecule has 2 heterocycles. The summed E-state index contributed by atoms with van der Waals surface area (Å²) < 4.78 is 5.42. The average Bonchev–Trinajstić information content (AvgIpc) is 3.09. The Morgan fingerprint density at radius 2 is 1.63 bits per heavy atom. The van der Waals surface area contributed by atoms with Gasteiger partial charge in [-0.05, 0) is 47.2 Å². The van der Waals surface area contributed by atoms with E-state index in [0.29, 0.717) is 30.3 Å². The van der Waals surface area contributed by atoms with E-state index in [1.165, 1.54) is 0 Å². The molecule has 2 aliphatic heterocycles. The van der Waals surface area contributed by atoms with Gasteiger partial charge >= 0.3 is 0 Å². The molecule has 2 saturated heterocycles. The van der Waals surface area contributed by atoms with E-state index in [1.54, 1.807) is 29.2 Å². The molecule has 35 heavy (non-hydrogen) atoms. The van der Waals surface area contributed by atoms with Crippen LogP contribution in [0.5, 0.6) is 0 Å². The van der Waals surface area contributed by atoms with E-state index in [-0.39, 0.29) is 16.7 Å². The fourth-order valence-corrected chi connectivity index (χ4v) is 4.80. The summed E-state index contributed by atoms with van der Waals surface area (Å²) in [5, 5.41) is 11.7. The lowest BCUT2D eigenvalue weighted by Gasteiger charge is -2.29. The predicted molar refractivity (Wildman–Crippen MR) is 137 cm³/mol. The molecule has 186 valence electrons. The van der Waals surface area contributed by atoms with Crippen LogP contribution in [0.2, 0.25) is 5.02 Å². The van der Waals surface area contributed by atoms with Crippen LogP contribution in [0.1, 0.15) is 49.9 Å². The number of Topliss-reactive ketones (excluding diaryl/α,β-unsaturated/α-hetero) is 1. The SMILES string of the molecule is CC(C)(C)c1ccc([C@@H]2/C(=C(\O)c3ccc(Cl)cc3)C(=O)C(=O)N2CCCN2CCOCC2)cc1. The summed E-state index contributed by atoms with van der Waals surface area (Å²) in [5.74, 6) is -1.42. The first-order valence-corrected chi connectivity index (χ1v) is 12.5. The van der Waals surface area contributed by atoms with E-state index in [1.807, 2.05) is 24.3 Å². The maximum absolute atomic E-state index is 13.2. The third kappa shape index (κ3) is 5.61. The number of nitrogens with zero attached hydrogens (tertiary/aromatic N) is 2. The molecule has 0 radical (unpaired) electrons. The molecule has 0 unspecified atom stereocenters. The highest BCUT2D eigenvalue weighted by Crippen LogP contribution is 2.40. The van der Waals surface area contributed by atoms with Gasteiger partial charge in [-0.3, -0.25) is 14.5 Å². The van der Waals surface area contributed by atoms with Crippen LogP contribution in [0.3, 0.4) is 0 Å². The van der Waals surface area contributed by atoms with Gasteiger partial charge in [0.1, 0.15) is 5.76 Å². The lowest BCUT2D eigenvalue weighted by Crippen LogP contribution is -2.39. The molecule has 0 spiro atoms. The summed E-state index contributed by atoms with van der Waals surface area (Å²) in [6.07, 6.45) is 0.727. The van der Waals surface area contributed by atoms with E-state index >= 15 is 0 Å². The van der Waals surface area contributed by atoms with Crippen molar-refractivity contribution in [3.05, 3.63) is 75.8 Å². The Morgan fingerprint density at radius 1 is 1.00 bits per heavy atom. The number of likely N-dealkylation sites (tertiary alicyclic amines) is 1. The summed E-state index contributed by atoms with van der Waals surface area (Å²) in [6, 6.07) is 14.0. The monoisotopic (exact) mass is 496 g/mol. The van der Waals surface area contributed by atoms with Crippen LogP contribution in [-0.4, -0.2) is 66.0 Å². The minimum Gasteiger partial charge on any atom is -0.507 e. The maximum Gasteiger partial charge on any atom is 0.295 e. The maximum atomic E-state index is 13.2. The molecule has 1 N–H and O–H groups in total. The zero-order chi connectivity index (χ0) is 25.2. The number of hydrogen-bond donors (Lipinski definition) is 1. The number of carbonyl (C=O) groups is 2. The van der Waals surface area contributed by atoms with Gasteiger partial charge in [-0.1, -0.05) is 56.6 Å². The fraction of sp³-hybridized carbons (Fsp3) is 0.429. The Morgan fingerprint density at radius 3 is 2.23 bits per heavy atom. The van der Waals surface area contributed by atoms with Gasteiger partial charge in [0, 0.05) is 36.8 Å². The van der Waals surface area contributed by atoms with Crippen LogP contribution >= 0.6 is 11.6 Å². The largest absolute Gasteiger partial charge is 0.507 e. The second kappa shape index (κ2) is 10.5. The molecule has 1 amide bonds. The highest BCUT2D eigenvalue weighted by molar-refractivity contribution is 6.46. The zero-order valence-electron chi connectivity index (χ0n) is 20.6. The number of morpholine rings is 1. The van der Waals surface area contributed by atoms with Gasteiger partial charge < -0.3 is 14.7 Å². The summed E-state index contributed by atoms with van der Waals surface area (Å²) in [5.41, 5.74) is 2.51. The third-order valence-corrected chi connectivity index (χ3v) is 6.98. The first kappa shape index (κ1) is 25.4. The van der Waals surface area contributed by atoms with Gasteiger partial charge in [0.05, 0.1) is 24.8 Å². The Kier molecular flexibility index (Phi) is 7.64. The van der Waals surface area contributed by atoms with E-state index < -0.39 is 17.7 Å². The van der Waals surface area contributed by atoms with E-state index in [0.717, 1.165) is 37.2 Å². The van der Waals surface area contributed by atoms with Crippen molar-refractivity contribution in [2.24, 2.45) is 0 Å². The molecule has 0 aromatic heterocycles. The molecule has 4 rings (SSSR count). The Hall–Kier alpha value is -2.67. The molecule has 0 saturated carbocycles. The minimum absolute atomic E-state index is 0.0260. The number of aliphatic hydroxyl groups is 1. The summed E-state index contributed by atoms with van der Waals surface area (Å²) in [4.78, 5) is 30.3. The first-order valence-electron chi connectivity index (χ1n) is 12.1. The molecule has 0 bridgehead atoms. The van der Waals surface area contributed by atoms with Gasteiger partial charge in [-0.15, -0.1) is 0 Å². The lowest BCUT2D eigenvalue weighted by atomic mass is 9.85. The molecule has 6 nitrogen and oxygen atoms in total. The smallest absolute Gasteiger partial charge is 0.295 e. The number of amides is 1. The van der Waals surface area contributed by atoms with Gasteiger partial charge in [-0.2, -0.15) is 0 Å². The fourth-order valence-electron chi connectivity index (χ4n) is 4.68. The molecular weight excluding hydrogens is 464 g/mol. The van der Waals surface area contributed by atoms with Crippen LogP contribution in [-0.2, 0) is 19.7 Å². The first-order chi connectivity index (χ1) is 16.7. The van der Waals surface area contributed by atoms with Crippen LogP contribution < -0.4 is 0 Å². The third-order valence-electron chi connectivity index (χ3n) is 6.73. The Balaban J connectivity index is 1.68. The molecule has 2 aliphatic rings. The molecule has 0 aliphatic carbocycles. The molecule has 1 atom stereocenters. The van der Waals surface area contributed by atoms with Crippen LogP contribution in [0.15, 0.2) is 54.1 Å². The molecule has 7 heteroatoms. The Bertz CT molecular complexity index is 1100. The van der Waals surface area contributed by atoms with Crippen molar-refractivity contribution in [2.75, 3.05) is 39.4 Å². The van der Waals surface area contributed by atoms with Crippen molar-refractivity contribution in [3.63, 3.8) is 0 Å². The highest BCUT2D eigenvalue weighted by Gasteiger charge is 2.45. The number of ether oxygens (including phenoxy) is 1. The number of halogens is 1. The molecule has 2 aromatic rings. The molecular formula is C28H33ClN2O4. The van der Waals surface area contributed by atoms with Crippen molar-refractivity contribution >= 4 is 29.1 Å². The van der Waals surface area contributed by atoms with Gasteiger partial charge in [0.15, 0.2) is 0 Å². The van der Waals surface area contributed by atoms with Crippen molar-refractivity contribution in [1.29, 1.82) is 0 Å². The zero-order valence-corrected chi connectivity index (χ0v) is 21.3. The second-order valence-corrected chi connectivity index (χ2v) is 10.6. The predicted octanol–water partition coefficient (Wildman–Crippen LogP) is 4.78. The standard InChI is InChI=1S/C28H33ClN2O4/c1-28(2,3)21-9-5-19(6-10-21)24-23(25(32)20-7-11-22(29)12-8-20)26(33)27(34)31(24)14-4-13-30-15-17-35-18-16-30/h5-12,24,32H,4,13-18H2,1-3H3/b25-23+/t24-/m1/s1. The van der Waals surface area contributed by atoms with Crippen LogP contribution in [0.25, 0.3) is 5.76 Å². The average molecular weight is 497 g/mol. The number of carbonyl (C=O) groups excluding carboxylic acids is 2. The topological polar surface area (TPSA) is 70.1 Å².